The molecule has 1 atom stereocenters. The van der Waals surface area contributed by atoms with E-state index in [4.69, 9.17) is 4.74 Å². The molecule has 0 aliphatic carbocycles. The van der Waals surface area contributed by atoms with E-state index in [9.17, 15) is 9.59 Å². The summed E-state index contributed by atoms with van der Waals surface area (Å²) in [6.07, 6.45) is 2.24. The van der Waals surface area contributed by atoms with Crippen molar-refractivity contribution in [1.29, 1.82) is 0 Å². The maximum atomic E-state index is 12.2. The minimum Gasteiger partial charge on any atom is -0.484 e. The number of likely N-dealkylation sites (tertiary alicyclic amines) is 1. The summed E-state index contributed by atoms with van der Waals surface area (Å²) >= 11 is 1.40. The van der Waals surface area contributed by atoms with Gasteiger partial charge in [-0.25, -0.2) is 0 Å². The Balaban J connectivity index is 1.49. The van der Waals surface area contributed by atoms with Crippen molar-refractivity contribution in [1.82, 2.24) is 4.90 Å². The van der Waals surface area contributed by atoms with Gasteiger partial charge in [0.1, 0.15) is 5.75 Å². The van der Waals surface area contributed by atoms with E-state index in [1.54, 1.807) is 30.3 Å². The van der Waals surface area contributed by atoms with Crippen LogP contribution in [0.15, 0.2) is 41.8 Å². The van der Waals surface area contributed by atoms with Crippen LogP contribution in [0, 0.1) is 5.92 Å². The molecule has 2 aromatic rings. The minimum atomic E-state index is -0.127. The lowest BCUT2D eigenvalue weighted by Crippen LogP contribution is -2.41. The minimum absolute atomic E-state index is 0.0293. The van der Waals surface area contributed by atoms with Crippen molar-refractivity contribution in [2.45, 2.75) is 19.8 Å². The Morgan fingerprint density at radius 3 is 2.76 bits per heavy atom. The SMILES string of the molecule is C[C@@H]1CCCN(C(=O)COc2ccc(NC(=O)c3cccs3)cc2)C1. The van der Waals surface area contributed by atoms with Crippen molar-refractivity contribution in [2.24, 2.45) is 5.92 Å². The van der Waals surface area contributed by atoms with Crippen LogP contribution in [0.3, 0.4) is 0 Å². The normalized spacial score (nSPS) is 17.2. The fourth-order valence-electron chi connectivity index (χ4n) is 2.89. The number of thiophene rings is 1. The fourth-order valence-corrected chi connectivity index (χ4v) is 3.51. The molecule has 1 fully saturated rings. The highest BCUT2D eigenvalue weighted by atomic mass is 32.1. The number of hydrogen-bond acceptors (Lipinski definition) is 4. The maximum Gasteiger partial charge on any atom is 0.265 e. The summed E-state index contributed by atoms with van der Waals surface area (Å²) in [6.45, 7) is 3.85. The van der Waals surface area contributed by atoms with Crippen LogP contribution in [-0.4, -0.2) is 36.4 Å². The zero-order valence-corrected chi connectivity index (χ0v) is 15.1. The number of nitrogens with zero attached hydrogens (tertiary/aromatic N) is 1. The molecule has 1 aliphatic heterocycles. The highest BCUT2D eigenvalue weighted by molar-refractivity contribution is 7.12. The highest BCUT2D eigenvalue weighted by Gasteiger charge is 2.21. The average Bonchev–Trinajstić information content (AvgIpc) is 3.16. The lowest BCUT2D eigenvalue weighted by Gasteiger charge is -2.30. The van der Waals surface area contributed by atoms with Crippen molar-refractivity contribution in [3.05, 3.63) is 46.7 Å². The van der Waals surface area contributed by atoms with Gasteiger partial charge in [-0.15, -0.1) is 11.3 Å². The molecular weight excluding hydrogens is 336 g/mol. The molecule has 1 N–H and O–H groups in total. The molecule has 0 bridgehead atoms. The first kappa shape index (κ1) is 17.5. The molecular formula is C19H22N2O3S. The molecule has 2 amide bonds. The second-order valence-electron chi connectivity index (χ2n) is 6.33. The fraction of sp³-hybridized carbons (Fsp3) is 0.368. The van der Waals surface area contributed by atoms with Gasteiger partial charge in [-0.2, -0.15) is 0 Å². The van der Waals surface area contributed by atoms with E-state index in [0.29, 0.717) is 22.2 Å². The molecule has 0 radical (unpaired) electrons. The van der Waals surface area contributed by atoms with Gasteiger partial charge in [0, 0.05) is 18.8 Å². The number of rotatable bonds is 5. The van der Waals surface area contributed by atoms with Gasteiger partial charge in [-0.1, -0.05) is 13.0 Å². The molecule has 132 valence electrons. The van der Waals surface area contributed by atoms with E-state index in [-0.39, 0.29) is 18.4 Å². The Kier molecular flexibility index (Phi) is 5.71. The van der Waals surface area contributed by atoms with Crippen LogP contribution in [0.5, 0.6) is 5.75 Å². The predicted molar refractivity (Wildman–Crippen MR) is 99.2 cm³/mol. The number of benzene rings is 1. The predicted octanol–water partition coefficient (Wildman–Crippen LogP) is 3.64. The third-order valence-corrected chi connectivity index (χ3v) is 5.10. The van der Waals surface area contributed by atoms with Crippen molar-refractivity contribution in [3.8, 4) is 5.75 Å². The molecule has 3 rings (SSSR count). The lowest BCUT2D eigenvalue weighted by molar-refractivity contribution is -0.135. The molecule has 0 saturated carbocycles. The molecule has 1 aromatic carbocycles. The Bertz CT molecular complexity index is 713. The summed E-state index contributed by atoms with van der Waals surface area (Å²) in [5.41, 5.74) is 0.696. The summed E-state index contributed by atoms with van der Waals surface area (Å²) < 4.78 is 5.59. The number of anilines is 1. The van der Waals surface area contributed by atoms with E-state index in [0.717, 1.165) is 19.5 Å². The van der Waals surface area contributed by atoms with E-state index in [1.165, 1.54) is 17.8 Å². The van der Waals surface area contributed by atoms with Gasteiger partial charge in [-0.05, 0) is 54.5 Å². The molecule has 25 heavy (non-hydrogen) atoms. The van der Waals surface area contributed by atoms with Gasteiger partial charge >= 0.3 is 0 Å². The number of ether oxygens (including phenoxy) is 1. The Morgan fingerprint density at radius 2 is 2.08 bits per heavy atom. The smallest absolute Gasteiger partial charge is 0.265 e. The average molecular weight is 358 g/mol. The largest absolute Gasteiger partial charge is 0.484 e. The first-order chi connectivity index (χ1) is 12.1. The van der Waals surface area contributed by atoms with Crippen molar-refractivity contribution in [3.63, 3.8) is 0 Å². The standard InChI is InChI=1S/C19H22N2O3S/c1-14-4-2-10-21(12-14)18(22)13-24-16-8-6-15(7-9-16)20-19(23)17-5-3-11-25-17/h3,5-9,11,14H,2,4,10,12-13H2,1H3,(H,20,23)/t14-/m1/s1. The number of nitrogens with one attached hydrogen (secondary N) is 1. The maximum absolute atomic E-state index is 12.2. The van der Waals surface area contributed by atoms with Crippen LogP contribution in [0.25, 0.3) is 0 Å². The molecule has 6 heteroatoms. The number of piperidine rings is 1. The first-order valence-electron chi connectivity index (χ1n) is 8.47. The van der Waals surface area contributed by atoms with Crippen molar-refractivity contribution >= 4 is 28.8 Å². The Morgan fingerprint density at radius 1 is 1.28 bits per heavy atom. The van der Waals surface area contributed by atoms with Crippen LogP contribution in [0.4, 0.5) is 5.69 Å². The summed E-state index contributed by atoms with van der Waals surface area (Å²) in [6, 6.07) is 10.7. The van der Waals surface area contributed by atoms with Crippen LogP contribution in [0.1, 0.15) is 29.4 Å². The van der Waals surface area contributed by atoms with Gasteiger partial charge < -0.3 is 15.0 Å². The molecule has 1 aliphatic rings. The molecule has 1 aromatic heterocycles. The van der Waals surface area contributed by atoms with E-state index >= 15 is 0 Å². The second kappa shape index (κ2) is 8.16. The highest BCUT2D eigenvalue weighted by Crippen LogP contribution is 2.19. The number of carbonyl (C=O) groups excluding carboxylic acids is 2. The topological polar surface area (TPSA) is 58.6 Å². The van der Waals surface area contributed by atoms with E-state index in [2.05, 4.69) is 12.2 Å². The summed E-state index contributed by atoms with van der Waals surface area (Å²) in [7, 11) is 0. The molecule has 1 saturated heterocycles. The van der Waals surface area contributed by atoms with Crippen LogP contribution in [-0.2, 0) is 4.79 Å². The van der Waals surface area contributed by atoms with Gasteiger partial charge in [0.25, 0.3) is 11.8 Å². The van der Waals surface area contributed by atoms with Crippen LogP contribution in [0.2, 0.25) is 0 Å². The second-order valence-corrected chi connectivity index (χ2v) is 7.28. The van der Waals surface area contributed by atoms with E-state index in [1.807, 2.05) is 16.3 Å². The monoisotopic (exact) mass is 358 g/mol. The molecule has 5 nitrogen and oxygen atoms in total. The summed E-state index contributed by atoms with van der Waals surface area (Å²) in [4.78, 5) is 26.7. The van der Waals surface area contributed by atoms with Gasteiger partial charge in [-0.3, -0.25) is 9.59 Å². The Hall–Kier alpha value is -2.34. The number of hydrogen-bond donors (Lipinski definition) is 1. The lowest BCUT2D eigenvalue weighted by atomic mass is 10.0. The van der Waals surface area contributed by atoms with Crippen molar-refractivity contribution < 1.29 is 14.3 Å². The van der Waals surface area contributed by atoms with Crippen molar-refractivity contribution in [2.75, 3.05) is 25.0 Å². The summed E-state index contributed by atoms with van der Waals surface area (Å²) in [5.74, 6) is 1.08. The van der Waals surface area contributed by atoms with Crippen LogP contribution >= 0.6 is 11.3 Å². The quantitative estimate of drug-likeness (QED) is 0.888. The molecule has 0 spiro atoms. The van der Waals surface area contributed by atoms with Gasteiger partial charge in [0.15, 0.2) is 6.61 Å². The Labute approximate surface area is 151 Å². The number of amides is 2. The third kappa shape index (κ3) is 4.82. The van der Waals surface area contributed by atoms with Gasteiger partial charge in [0.2, 0.25) is 0 Å². The molecule has 0 unspecified atom stereocenters. The molecule has 2 heterocycles. The van der Waals surface area contributed by atoms with E-state index < -0.39 is 0 Å². The first-order valence-corrected chi connectivity index (χ1v) is 9.35. The summed E-state index contributed by atoms with van der Waals surface area (Å²) in [5, 5.41) is 4.70. The zero-order chi connectivity index (χ0) is 17.6. The third-order valence-electron chi connectivity index (χ3n) is 4.23. The van der Waals surface area contributed by atoms with Crippen LogP contribution < -0.4 is 10.1 Å². The number of carbonyl (C=O) groups is 2. The zero-order valence-electron chi connectivity index (χ0n) is 14.2. The van der Waals surface area contributed by atoms with Gasteiger partial charge in [0.05, 0.1) is 4.88 Å².